The van der Waals surface area contributed by atoms with Crippen LogP contribution in [-0.2, 0) is 0 Å². The number of fused-ring (bicyclic) bond motifs is 1. The number of rotatable bonds is 3. The van der Waals surface area contributed by atoms with Gasteiger partial charge in [0.2, 0.25) is 0 Å². The number of thioether (sulfide) groups is 1. The zero-order chi connectivity index (χ0) is 17.6. The van der Waals surface area contributed by atoms with Gasteiger partial charge in [0.05, 0.1) is 5.69 Å². The van der Waals surface area contributed by atoms with Crippen molar-refractivity contribution in [1.82, 2.24) is 4.90 Å². The van der Waals surface area contributed by atoms with Crippen LogP contribution >= 0.6 is 11.8 Å². The van der Waals surface area contributed by atoms with Crippen molar-refractivity contribution in [3.63, 3.8) is 0 Å². The first-order chi connectivity index (χ1) is 12.2. The summed E-state index contributed by atoms with van der Waals surface area (Å²) in [7, 11) is 1.92. The highest BCUT2D eigenvalue weighted by molar-refractivity contribution is 7.98. The third kappa shape index (κ3) is 4.54. The Morgan fingerprint density at radius 3 is 2.32 bits per heavy atom. The molecular weight excluding hydrogens is 336 g/mol. The highest BCUT2D eigenvalue weighted by Crippen LogP contribution is 2.39. The summed E-state index contributed by atoms with van der Waals surface area (Å²) < 4.78 is 11.3. The Labute approximate surface area is 154 Å². The van der Waals surface area contributed by atoms with Crippen molar-refractivity contribution in [2.75, 3.05) is 31.8 Å². The molecule has 2 amide bonds. The number of nitrogens with one attached hydrogen (secondary N) is 1. The lowest BCUT2D eigenvalue weighted by Gasteiger charge is -2.30. The zero-order valence-electron chi connectivity index (χ0n) is 15.2. The summed E-state index contributed by atoms with van der Waals surface area (Å²) in [6.07, 6.45) is 10.5. The molecule has 0 unspecified atom stereocenters. The first kappa shape index (κ1) is 18.2. The molecule has 1 aromatic rings. The summed E-state index contributed by atoms with van der Waals surface area (Å²) in [6, 6.07) is 4.11. The number of carbonyl (C=O) groups is 1. The molecule has 1 N–H and O–H groups in total. The van der Waals surface area contributed by atoms with Crippen LogP contribution in [0.1, 0.15) is 44.9 Å². The SMILES string of the molecule is CSc1cc2c(cc1NC(=O)N(C)C1CCCCCCC1)OCCO2. The van der Waals surface area contributed by atoms with Gasteiger partial charge in [-0.05, 0) is 25.2 Å². The number of hydrogen-bond acceptors (Lipinski definition) is 4. The Hall–Kier alpha value is -1.56. The molecule has 3 rings (SSSR count). The fraction of sp³-hybridized carbons (Fsp3) is 0.632. The van der Waals surface area contributed by atoms with Gasteiger partial charge in [-0.25, -0.2) is 4.79 Å². The molecule has 1 aliphatic carbocycles. The molecule has 1 saturated carbocycles. The molecule has 25 heavy (non-hydrogen) atoms. The monoisotopic (exact) mass is 364 g/mol. The molecule has 0 aromatic heterocycles. The second-order valence-corrected chi connectivity index (χ2v) is 7.58. The molecule has 1 aliphatic heterocycles. The Kier molecular flexibility index (Phi) is 6.34. The van der Waals surface area contributed by atoms with Crippen molar-refractivity contribution in [3.8, 4) is 11.5 Å². The molecule has 0 bridgehead atoms. The van der Waals surface area contributed by atoms with E-state index >= 15 is 0 Å². The van der Waals surface area contributed by atoms with Crippen molar-refractivity contribution in [2.24, 2.45) is 0 Å². The Balaban J connectivity index is 1.70. The number of hydrogen-bond donors (Lipinski definition) is 1. The van der Waals surface area contributed by atoms with E-state index in [1.54, 1.807) is 11.8 Å². The summed E-state index contributed by atoms with van der Waals surface area (Å²) >= 11 is 1.59. The molecule has 1 aromatic carbocycles. The van der Waals surface area contributed by atoms with Gasteiger partial charge >= 0.3 is 6.03 Å². The van der Waals surface area contributed by atoms with Crippen LogP contribution in [-0.4, -0.2) is 43.5 Å². The molecule has 1 fully saturated rings. The smallest absolute Gasteiger partial charge is 0.321 e. The lowest BCUT2D eigenvalue weighted by molar-refractivity contribution is 0.171. The van der Waals surface area contributed by atoms with Crippen molar-refractivity contribution in [2.45, 2.75) is 55.9 Å². The molecule has 1 heterocycles. The minimum atomic E-state index is -0.0439. The maximum absolute atomic E-state index is 12.8. The van der Waals surface area contributed by atoms with Crippen molar-refractivity contribution in [1.29, 1.82) is 0 Å². The van der Waals surface area contributed by atoms with E-state index < -0.39 is 0 Å². The van der Waals surface area contributed by atoms with E-state index in [4.69, 9.17) is 9.47 Å². The van der Waals surface area contributed by atoms with Gasteiger partial charge < -0.3 is 19.7 Å². The predicted octanol–water partition coefficient (Wildman–Crippen LogP) is 4.76. The van der Waals surface area contributed by atoms with E-state index in [9.17, 15) is 4.79 Å². The van der Waals surface area contributed by atoms with E-state index in [1.165, 1.54) is 32.1 Å². The molecule has 0 spiro atoms. The third-order valence-electron chi connectivity index (χ3n) is 5.05. The van der Waals surface area contributed by atoms with Crippen LogP contribution in [0.5, 0.6) is 11.5 Å². The maximum atomic E-state index is 12.8. The molecule has 2 aliphatic rings. The Bertz CT molecular complexity index is 601. The van der Waals surface area contributed by atoms with Crippen LogP contribution < -0.4 is 14.8 Å². The van der Waals surface area contributed by atoms with E-state index in [2.05, 4.69) is 5.32 Å². The van der Waals surface area contributed by atoms with Gasteiger partial charge in [-0.2, -0.15) is 0 Å². The van der Waals surface area contributed by atoms with E-state index in [0.717, 1.165) is 29.2 Å². The molecular formula is C19H28N2O3S. The van der Waals surface area contributed by atoms with Gasteiger partial charge in [-0.3, -0.25) is 0 Å². The standard InChI is InChI=1S/C19H28N2O3S/c1-21(14-8-6-4-3-5-7-9-14)19(22)20-15-12-16-17(13-18(15)25-2)24-11-10-23-16/h12-14H,3-11H2,1-2H3,(H,20,22). The normalized spacial score (nSPS) is 18.2. The van der Waals surface area contributed by atoms with Crippen LogP contribution in [0.4, 0.5) is 10.5 Å². The first-order valence-corrected chi connectivity index (χ1v) is 10.4. The number of anilines is 1. The Morgan fingerprint density at radius 2 is 1.68 bits per heavy atom. The fourth-order valence-corrected chi connectivity index (χ4v) is 4.08. The number of urea groups is 1. The number of carbonyl (C=O) groups excluding carboxylic acids is 1. The average Bonchev–Trinajstić information content (AvgIpc) is 2.60. The largest absolute Gasteiger partial charge is 0.486 e. The van der Waals surface area contributed by atoms with E-state index in [0.29, 0.717) is 25.0 Å². The predicted molar refractivity (Wildman–Crippen MR) is 102 cm³/mol. The van der Waals surface area contributed by atoms with Crippen LogP contribution in [0.15, 0.2) is 17.0 Å². The molecule has 6 heteroatoms. The number of amides is 2. The fourth-order valence-electron chi connectivity index (χ4n) is 3.53. The number of nitrogens with zero attached hydrogens (tertiary/aromatic N) is 1. The molecule has 0 atom stereocenters. The summed E-state index contributed by atoms with van der Waals surface area (Å²) in [5, 5.41) is 3.08. The van der Waals surface area contributed by atoms with Gasteiger partial charge in [0.15, 0.2) is 11.5 Å². The molecule has 0 saturated heterocycles. The summed E-state index contributed by atoms with van der Waals surface area (Å²) in [4.78, 5) is 15.7. The minimum absolute atomic E-state index is 0.0439. The minimum Gasteiger partial charge on any atom is -0.486 e. The van der Waals surface area contributed by atoms with Crippen LogP contribution in [0.25, 0.3) is 0 Å². The second kappa shape index (κ2) is 8.70. The molecule has 5 nitrogen and oxygen atoms in total. The lowest BCUT2D eigenvalue weighted by Crippen LogP contribution is -2.40. The van der Waals surface area contributed by atoms with Gasteiger partial charge in [-0.1, -0.05) is 32.1 Å². The summed E-state index contributed by atoms with van der Waals surface area (Å²) in [5.41, 5.74) is 0.791. The maximum Gasteiger partial charge on any atom is 0.321 e. The average molecular weight is 365 g/mol. The van der Waals surface area contributed by atoms with Crippen molar-refractivity contribution < 1.29 is 14.3 Å². The van der Waals surface area contributed by atoms with Gasteiger partial charge in [0, 0.05) is 24.1 Å². The third-order valence-corrected chi connectivity index (χ3v) is 5.83. The van der Waals surface area contributed by atoms with E-state index in [1.807, 2.05) is 30.3 Å². The van der Waals surface area contributed by atoms with Gasteiger partial charge in [0.1, 0.15) is 13.2 Å². The van der Waals surface area contributed by atoms with Crippen LogP contribution in [0.2, 0.25) is 0 Å². The van der Waals surface area contributed by atoms with Crippen molar-refractivity contribution in [3.05, 3.63) is 12.1 Å². The molecule has 0 radical (unpaired) electrons. The van der Waals surface area contributed by atoms with E-state index in [-0.39, 0.29) is 6.03 Å². The molecule has 138 valence electrons. The van der Waals surface area contributed by atoms with Crippen LogP contribution in [0, 0.1) is 0 Å². The lowest BCUT2D eigenvalue weighted by atomic mass is 9.96. The first-order valence-electron chi connectivity index (χ1n) is 9.20. The summed E-state index contributed by atoms with van der Waals surface area (Å²) in [5.74, 6) is 1.45. The Morgan fingerprint density at radius 1 is 1.08 bits per heavy atom. The second-order valence-electron chi connectivity index (χ2n) is 6.74. The number of ether oxygens (including phenoxy) is 2. The van der Waals surface area contributed by atoms with Gasteiger partial charge in [0.25, 0.3) is 0 Å². The van der Waals surface area contributed by atoms with Gasteiger partial charge in [-0.15, -0.1) is 11.8 Å². The van der Waals surface area contributed by atoms with Crippen LogP contribution in [0.3, 0.4) is 0 Å². The highest BCUT2D eigenvalue weighted by Gasteiger charge is 2.22. The summed E-state index contributed by atoms with van der Waals surface area (Å²) in [6.45, 7) is 1.11. The highest BCUT2D eigenvalue weighted by atomic mass is 32.2. The van der Waals surface area contributed by atoms with Crippen molar-refractivity contribution >= 4 is 23.5 Å². The quantitative estimate of drug-likeness (QED) is 0.786. The number of benzene rings is 1. The zero-order valence-corrected chi connectivity index (χ0v) is 16.0. The topological polar surface area (TPSA) is 50.8 Å².